The lowest BCUT2D eigenvalue weighted by Gasteiger charge is -2.33. The summed E-state index contributed by atoms with van der Waals surface area (Å²) < 4.78 is 5.98. The van der Waals surface area contributed by atoms with E-state index in [1.807, 2.05) is 61.2 Å². The van der Waals surface area contributed by atoms with Crippen LogP contribution in [0.4, 0.5) is 0 Å². The third-order valence-electron chi connectivity index (χ3n) is 5.94. The summed E-state index contributed by atoms with van der Waals surface area (Å²) in [5.74, 6) is 1.17. The van der Waals surface area contributed by atoms with E-state index in [1.54, 1.807) is 0 Å². The van der Waals surface area contributed by atoms with Crippen molar-refractivity contribution in [2.24, 2.45) is 5.92 Å². The maximum absolute atomic E-state index is 13.0. The molecule has 2 amide bonds. The predicted octanol–water partition coefficient (Wildman–Crippen LogP) is 4.13. The Morgan fingerprint density at radius 2 is 1.83 bits per heavy atom. The van der Waals surface area contributed by atoms with Crippen molar-refractivity contribution in [1.29, 1.82) is 0 Å². The molecule has 1 N–H and O–H groups in total. The number of aryl methyl sites for hydroxylation is 2. The van der Waals surface area contributed by atoms with E-state index in [-0.39, 0.29) is 11.8 Å². The number of benzene rings is 2. The summed E-state index contributed by atoms with van der Waals surface area (Å²) in [6.07, 6.45) is 4.21. The van der Waals surface area contributed by atoms with Crippen LogP contribution in [0, 0.1) is 19.8 Å². The molecule has 158 valence electrons. The van der Waals surface area contributed by atoms with Crippen molar-refractivity contribution < 1.29 is 14.3 Å². The van der Waals surface area contributed by atoms with E-state index < -0.39 is 0 Å². The molecule has 30 heavy (non-hydrogen) atoms. The van der Waals surface area contributed by atoms with E-state index in [0.717, 1.165) is 54.7 Å². The van der Waals surface area contributed by atoms with E-state index in [2.05, 4.69) is 5.32 Å². The summed E-state index contributed by atoms with van der Waals surface area (Å²) in [6.45, 7) is 6.10. The molecule has 0 unspecified atom stereocenters. The predicted molar refractivity (Wildman–Crippen MR) is 117 cm³/mol. The minimum atomic E-state index is -0.0167. The van der Waals surface area contributed by atoms with Gasteiger partial charge in [0.15, 0.2) is 0 Å². The summed E-state index contributed by atoms with van der Waals surface area (Å²) in [7, 11) is 0. The molecule has 2 fully saturated rings. The van der Waals surface area contributed by atoms with Crippen molar-refractivity contribution in [3.8, 4) is 5.75 Å². The van der Waals surface area contributed by atoms with Gasteiger partial charge in [-0.1, -0.05) is 17.7 Å². The molecule has 5 heteroatoms. The molecule has 4 rings (SSSR count). The molecule has 1 atom stereocenters. The van der Waals surface area contributed by atoms with Crippen LogP contribution in [-0.4, -0.2) is 42.5 Å². The minimum Gasteiger partial charge on any atom is -0.493 e. The van der Waals surface area contributed by atoms with Gasteiger partial charge < -0.3 is 15.0 Å². The summed E-state index contributed by atoms with van der Waals surface area (Å²) in [5, 5.41) is 2.99. The van der Waals surface area contributed by atoms with Gasteiger partial charge in [0.05, 0.1) is 6.61 Å². The largest absolute Gasteiger partial charge is 0.493 e. The fourth-order valence-electron chi connectivity index (χ4n) is 3.94. The Morgan fingerprint density at radius 3 is 2.57 bits per heavy atom. The molecule has 1 aliphatic carbocycles. The van der Waals surface area contributed by atoms with Gasteiger partial charge >= 0.3 is 0 Å². The van der Waals surface area contributed by atoms with Crippen molar-refractivity contribution in [2.45, 2.75) is 45.6 Å². The molecule has 0 radical (unpaired) electrons. The van der Waals surface area contributed by atoms with Crippen LogP contribution in [0.5, 0.6) is 5.75 Å². The van der Waals surface area contributed by atoms with Crippen LogP contribution < -0.4 is 10.1 Å². The second kappa shape index (κ2) is 8.90. The number of nitrogens with one attached hydrogen (secondary N) is 1. The molecule has 0 bridgehead atoms. The fourth-order valence-corrected chi connectivity index (χ4v) is 3.94. The SMILES string of the molecule is Cc1ccc(C)c(C(=O)N2CCC[C@@H](COc3ccc(C(=O)NC4CC4)cc3)C2)c1. The number of amides is 2. The Bertz CT molecular complexity index is 918. The van der Waals surface area contributed by atoms with Crippen LogP contribution in [-0.2, 0) is 0 Å². The molecule has 0 spiro atoms. The van der Waals surface area contributed by atoms with Crippen molar-refractivity contribution in [1.82, 2.24) is 10.2 Å². The normalized spacial score (nSPS) is 18.7. The molecule has 1 heterocycles. The molecule has 2 aromatic carbocycles. The van der Waals surface area contributed by atoms with Crippen LogP contribution in [0.3, 0.4) is 0 Å². The average molecular weight is 407 g/mol. The monoisotopic (exact) mass is 406 g/mol. The Morgan fingerprint density at radius 1 is 1.07 bits per heavy atom. The topological polar surface area (TPSA) is 58.6 Å². The van der Waals surface area contributed by atoms with E-state index in [1.165, 1.54) is 0 Å². The van der Waals surface area contributed by atoms with E-state index in [0.29, 0.717) is 30.7 Å². The van der Waals surface area contributed by atoms with Crippen molar-refractivity contribution >= 4 is 11.8 Å². The quantitative estimate of drug-likeness (QED) is 0.785. The van der Waals surface area contributed by atoms with Gasteiger partial charge in [-0.05, 0) is 75.4 Å². The lowest BCUT2D eigenvalue weighted by Crippen LogP contribution is -2.41. The Balaban J connectivity index is 1.31. The van der Waals surface area contributed by atoms with E-state index in [4.69, 9.17) is 4.74 Å². The number of hydrogen-bond acceptors (Lipinski definition) is 3. The first-order chi connectivity index (χ1) is 14.5. The van der Waals surface area contributed by atoms with Crippen LogP contribution >= 0.6 is 0 Å². The smallest absolute Gasteiger partial charge is 0.254 e. The highest BCUT2D eigenvalue weighted by Crippen LogP contribution is 2.23. The number of hydrogen-bond donors (Lipinski definition) is 1. The molecular formula is C25H30N2O3. The molecule has 5 nitrogen and oxygen atoms in total. The maximum Gasteiger partial charge on any atom is 0.254 e. The van der Waals surface area contributed by atoms with Gasteiger partial charge in [-0.15, -0.1) is 0 Å². The highest BCUT2D eigenvalue weighted by molar-refractivity contribution is 5.96. The third kappa shape index (κ3) is 5.02. The zero-order valence-corrected chi connectivity index (χ0v) is 17.8. The summed E-state index contributed by atoms with van der Waals surface area (Å²) in [5.41, 5.74) is 3.60. The second-order valence-corrected chi connectivity index (χ2v) is 8.66. The van der Waals surface area contributed by atoms with Crippen molar-refractivity contribution in [2.75, 3.05) is 19.7 Å². The zero-order valence-electron chi connectivity index (χ0n) is 17.8. The van der Waals surface area contributed by atoms with Crippen LogP contribution in [0.25, 0.3) is 0 Å². The first kappa shape index (κ1) is 20.5. The number of ether oxygens (including phenoxy) is 1. The van der Waals surface area contributed by atoms with Gasteiger partial charge in [-0.25, -0.2) is 0 Å². The fraction of sp³-hybridized carbons (Fsp3) is 0.440. The molecule has 2 aromatic rings. The highest BCUT2D eigenvalue weighted by atomic mass is 16.5. The van der Waals surface area contributed by atoms with Gasteiger partial charge in [0.2, 0.25) is 0 Å². The number of nitrogens with zero attached hydrogens (tertiary/aromatic N) is 1. The number of likely N-dealkylation sites (tertiary alicyclic amines) is 1. The van der Waals surface area contributed by atoms with Gasteiger partial charge in [-0.2, -0.15) is 0 Å². The van der Waals surface area contributed by atoms with Crippen LogP contribution in [0.2, 0.25) is 0 Å². The summed E-state index contributed by atoms with van der Waals surface area (Å²) in [6, 6.07) is 13.7. The lowest BCUT2D eigenvalue weighted by molar-refractivity contribution is 0.0632. The molecule has 0 aromatic heterocycles. The number of piperidine rings is 1. The van der Waals surface area contributed by atoms with Crippen LogP contribution in [0.15, 0.2) is 42.5 Å². The first-order valence-electron chi connectivity index (χ1n) is 10.9. The van der Waals surface area contributed by atoms with Crippen molar-refractivity contribution in [3.05, 3.63) is 64.7 Å². The van der Waals surface area contributed by atoms with Crippen LogP contribution in [0.1, 0.15) is 57.5 Å². The Hall–Kier alpha value is -2.82. The standard InChI is InChI=1S/C25H30N2O3/c1-17-5-6-18(2)23(14-17)25(29)27-13-3-4-19(15-27)16-30-22-11-7-20(8-12-22)24(28)26-21-9-10-21/h5-8,11-12,14,19,21H,3-4,9-10,13,15-16H2,1-2H3,(H,26,28)/t19-/m1/s1. The van der Waals surface area contributed by atoms with Gasteiger partial charge in [-0.3, -0.25) is 9.59 Å². The minimum absolute atomic E-state index is 0.0167. The molecule has 2 aliphatic rings. The molecular weight excluding hydrogens is 376 g/mol. The number of rotatable bonds is 6. The highest BCUT2D eigenvalue weighted by Gasteiger charge is 2.26. The molecule has 1 saturated heterocycles. The summed E-state index contributed by atoms with van der Waals surface area (Å²) >= 11 is 0. The lowest BCUT2D eigenvalue weighted by atomic mass is 9.97. The zero-order chi connectivity index (χ0) is 21.1. The molecule has 1 saturated carbocycles. The van der Waals surface area contributed by atoms with Gasteiger partial charge in [0.25, 0.3) is 11.8 Å². The molecule has 1 aliphatic heterocycles. The van der Waals surface area contributed by atoms with Gasteiger partial charge in [0, 0.05) is 36.2 Å². The van der Waals surface area contributed by atoms with Crippen molar-refractivity contribution in [3.63, 3.8) is 0 Å². The Labute approximate surface area is 178 Å². The number of carbonyl (C=O) groups excluding carboxylic acids is 2. The van der Waals surface area contributed by atoms with E-state index in [9.17, 15) is 9.59 Å². The first-order valence-corrected chi connectivity index (χ1v) is 10.9. The number of carbonyl (C=O) groups is 2. The third-order valence-corrected chi connectivity index (χ3v) is 5.94. The second-order valence-electron chi connectivity index (χ2n) is 8.66. The summed E-state index contributed by atoms with van der Waals surface area (Å²) in [4.78, 5) is 27.1. The maximum atomic E-state index is 13.0. The van der Waals surface area contributed by atoms with Gasteiger partial charge in [0.1, 0.15) is 5.75 Å². The Kier molecular flexibility index (Phi) is 6.07. The van der Waals surface area contributed by atoms with E-state index >= 15 is 0 Å². The average Bonchev–Trinajstić information content (AvgIpc) is 3.58.